The van der Waals surface area contributed by atoms with Gasteiger partial charge in [0.15, 0.2) is 5.15 Å². The van der Waals surface area contributed by atoms with E-state index in [1.54, 1.807) is 37.6 Å². The molecule has 156 valence electrons. The summed E-state index contributed by atoms with van der Waals surface area (Å²) >= 11 is 6.24. The fourth-order valence-corrected chi connectivity index (χ4v) is 3.55. The first-order valence-corrected chi connectivity index (χ1v) is 9.43. The number of likely N-dealkylation sites (tertiary alicyclic amines) is 1. The Labute approximate surface area is 170 Å². The highest BCUT2D eigenvalue weighted by Crippen LogP contribution is 2.30. The van der Waals surface area contributed by atoms with Gasteiger partial charge in [0.2, 0.25) is 5.91 Å². The van der Waals surface area contributed by atoms with Crippen molar-refractivity contribution in [3.05, 3.63) is 35.9 Å². The summed E-state index contributed by atoms with van der Waals surface area (Å²) in [5.74, 6) is -2.61. The van der Waals surface area contributed by atoms with Gasteiger partial charge in [-0.3, -0.25) is 14.6 Å². The molecule has 0 aromatic carbocycles. The minimum atomic E-state index is -4.90. The van der Waals surface area contributed by atoms with Gasteiger partial charge in [-0.15, -0.1) is 0 Å². The minimum Gasteiger partial charge on any atom is -0.335 e. The quantitative estimate of drug-likeness (QED) is 0.749. The Morgan fingerprint density at radius 2 is 2.00 bits per heavy atom. The van der Waals surface area contributed by atoms with Crippen molar-refractivity contribution in [1.82, 2.24) is 19.7 Å². The van der Waals surface area contributed by atoms with Crippen LogP contribution in [0, 0.1) is 5.92 Å². The molecule has 0 N–H and O–H groups in total. The smallest absolute Gasteiger partial charge is 0.335 e. The van der Waals surface area contributed by atoms with E-state index in [-0.39, 0.29) is 37.0 Å². The molecule has 29 heavy (non-hydrogen) atoms. The number of halogens is 4. The van der Waals surface area contributed by atoms with Crippen molar-refractivity contribution in [2.75, 3.05) is 24.5 Å². The molecule has 0 atom stereocenters. The average Bonchev–Trinajstić information content (AvgIpc) is 3.09. The molecule has 0 radical (unpaired) electrons. The first-order valence-electron chi connectivity index (χ1n) is 9.05. The Morgan fingerprint density at radius 1 is 1.31 bits per heavy atom. The van der Waals surface area contributed by atoms with E-state index >= 15 is 0 Å². The lowest BCUT2D eigenvalue weighted by Gasteiger charge is -2.34. The number of alkyl halides is 3. The van der Waals surface area contributed by atoms with Crippen LogP contribution >= 0.6 is 11.6 Å². The lowest BCUT2D eigenvalue weighted by molar-refractivity contribution is -0.186. The average molecular weight is 430 g/mol. The van der Waals surface area contributed by atoms with Crippen LogP contribution in [0.5, 0.6) is 0 Å². The van der Waals surface area contributed by atoms with Gasteiger partial charge in [0, 0.05) is 31.7 Å². The molecule has 7 nitrogen and oxygen atoms in total. The molecule has 1 fully saturated rings. The molecule has 0 unspecified atom stereocenters. The number of piperidine rings is 1. The number of aromatic nitrogens is 3. The largest absolute Gasteiger partial charge is 0.471 e. The Balaban J connectivity index is 1.72. The molecular weight excluding hydrogens is 411 g/mol. The zero-order valence-electron chi connectivity index (χ0n) is 15.6. The maximum atomic E-state index is 13.0. The third-order valence-electron chi connectivity index (χ3n) is 4.81. The highest BCUT2D eigenvalue weighted by molar-refractivity contribution is 6.32. The molecule has 1 aliphatic heterocycles. The van der Waals surface area contributed by atoms with Crippen molar-refractivity contribution in [1.29, 1.82) is 0 Å². The van der Waals surface area contributed by atoms with E-state index in [4.69, 9.17) is 11.6 Å². The highest BCUT2D eigenvalue weighted by Gasteiger charge is 2.44. The van der Waals surface area contributed by atoms with Crippen LogP contribution in [0.15, 0.2) is 30.7 Å². The molecule has 3 heterocycles. The molecule has 2 aromatic rings. The van der Waals surface area contributed by atoms with Crippen molar-refractivity contribution < 1.29 is 22.8 Å². The van der Waals surface area contributed by atoms with E-state index in [1.807, 2.05) is 0 Å². The van der Waals surface area contributed by atoms with Gasteiger partial charge in [-0.25, -0.2) is 4.68 Å². The summed E-state index contributed by atoms with van der Waals surface area (Å²) in [4.78, 5) is 30.6. The van der Waals surface area contributed by atoms with Crippen LogP contribution in [-0.2, 0) is 9.59 Å². The lowest BCUT2D eigenvalue weighted by atomic mass is 9.95. The van der Waals surface area contributed by atoms with Crippen molar-refractivity contribution in [2.45, 2.75) is 25.9 Å². The number of amides is 2. The van der Waals surface area contributed by atoms with E-state index in [9.17, 15) is 22.8 Å². The summed E-state index contributed by atoms with van der Waals surface area (Å²) in [6.45, 7) is 1.86. The van der Waals surface area contributed by atoms with E-state index < -0.39 is 18.0 Å². The first-order chi connectivity index (χ1) is 13.7. The van der Waals surface area contributed by atoms with E-state index in [0.29, 0.717) is 17.9 Å². The monoisotopic (exact) mass is 429 g/mol. The van der Waals surface area contributed by atoms with Crippen LogP contribution in [0.2, 0.25) is 5.15 Å². The van der Waals surface area contributed by atoms with Gasteiger partial charge in [-0.05, 0) is 31.9 Å². The van der Waals surface area contributed by atoms with Gasteiger partial charge >= 0.3 is 12.1 Å². The SMILES string of the molecule is CCN(C(=O)C1CCN(C(=O)C(F)(F)F)CC1)c1cn(-c2cccnc2)nc1Cl. The third kappa shape index (κ3) is 4.52. The predicted molar refractivity (Wildman–Crippen MR) is 99.8 cm³/mol. The summed E-state index contributed by atoms with van der Waals surface area (Å²) in [5, 5.41) is 4.34. The fourth-order valence-electron chi connectivity index (χ4n) is 3.32. The number of anilines is 1. The van der Waals surface area contributed by atoms with Gasteiger partial charge in [-0.1, -0.05) is 11.6 Å². The van der Waals surface area contributed by atoms with E-state index in [2.05, 4.69) is 10.1 Å². The molecular formula is C18H19ClF3N5O2. The minimum absolute atomic E-state index is 0.116. The van der Waals surface area contributed by atoms with Crippen molar-refractivity contribution in [3.63, 3.8) is 0 Å². The number of rotatable bonds is 4. The first kappa shape index (κ1) is 21.1. The van der Waals surface area contributed by atoms with Crippen LogP contribution in [0.3, 0.4) is 0 Å². The summed E-state index contributed by atoms with van der Waals surface area (Å²) in [5.41, 5.74) is 1.08. The molecule has 3 rings (SSSR count). The topological polar surface area (TPSA) is 71.3 Å². The zero-order chi connectivity index (χ0) is 21.2. The number of hydrogen-bond acceptors (Lipinski definition) is 4. The Bertz CT molecular complexity index is 879. The molecule has 0 aliphatic carbocycles. The second-order valence-corrected chi connectivity index (χ2v) is 6.97. The van der Waals surface area contributed by atoms with Gasteiger partial charge < -0.3 is 9.80 Å². The van der Waals surface area contributed by atoms with Gasteiger partial charge in [-0.2, -0.15) is 18.3 Å². The van der Waals surface area contributed by atoms with Crippen LogP contribution in [0.4, 0.5) is 18.9 Å². The van der Waals surface area contributed by atoms with Crippen LogP contribution in [0.25, 0.3) is 5.69 Å². The molecule has 0 spiro atoms. The van der Waals surface area contributed by atoms with Gasteiger partial charge in [0.1, 0.15) is 5.69 Å². The highest BCUT2D eigenvalue weighted by atomic mass is 35.5. The second-order valence-electron chi connectivity index (χ2n) is 6.61. The number of nitrogens with zero attached hydrogens (tertiary/aromatic N) is 5. The summed E-state index contributed by atoms with van der Waals surface area (Å²) in [6, 6.07) is 3.52. The molecule has 0 saturated carbocycles. The summed E-state index contributed by atoms with van der Waals surface area (Å²) in [7, 11) is 0. The standard InChI is InChI=1S/C18H19ClF3N5O2/c1-2-26(14-11-27(24-15(14)19)13-4-3-7-23-10-13)16(28)12-5-8-25(9-6-12)17(29)18(20,21)22/h3-4,7,10-12H,2,5-6,8-9H2,1H3. The van der Waals surface area contributed by atoms with Crippen LogP contribution in [0.1, 0.15) is 19.8 Å². The van der Waals surface area contributed by atoms with Gasteiger partial charge in [0.25, 0.3) is 0 Å². The lowest BCUT2D eigenvalue weighted by Crippen LogP contribution is -2.48. The predicted octanol–water partition coefficient (Wildman–Crippen LogP) is 3.07. The maximum Gasteiger partial charge on any atom is 0.471 e. The Kier molecular flexibility index (Phi) is 6.11. The zero-order valence-corrected chi connectivity index (χ0v) is 16.3. The van der Waals surface area contributed by atoms with Crippen molar-refractivity contribution in [3.8, 4) is 5.69 Å². The molecule has 2 amide bonds. The third-order valence-corrected chi connectivity index (χ3v) is 5.08. The van der Waals surface area contributed by atoms with E-state index in [0.717, 1.165) is 4.90 Å². The Hall–Kier alpha value is -2.62. The van der Waals surface area contributed by atoms with Crippen LogP contribution < -0.4 is 4.90 Å². The molecule has 0 bridgehead atoms. The van der Waals surface area contributed by atoms with Crippen molar-refractivity contribution >= 4 is 29.1 Å². The maximum absolute atomic E-state index is 13.0. The summed E-state index contributed by atoms with van der Waals surface area (Å²) in [6.07, 6.45) is 0.243. The van der Waals surface area contributed by atoms with E-state index in [1.165, 1.54) is 9.58 Å². The molecule has 1 saturated heterocycles. The second kappa shape index (κ2) is 8.40. The van der Waals surface area contributed by atoms with Crippen LogP contribution in [-0.4, -0.2) is 57.3 Å². The normalized spacial score (nSPS) is 15.4. The number of pyridine rings is 1. The number of carbonyl (C=O) groups is 2. The molecule has 11 heteroatoms. The number of hydrogen-bond donors (Lipinski definition) is 0. The van der Waals surface area contributed by atoms with Gasteiger partial charge in [0.05, 0.1) is 18.1 Å². The Morgan fingerprint density at radius 3 is 2.55 bits per heavy atom. The molecule has 2 aromatic heterocycles. The summed E-state index contributed by atoms with van der Waals surface area (Å²) < 4.78 is 39.3. The van der Waals surface area contributed by atoms with Crippen molar-refractivity contribution in [2.24, 2.45) is 5.92 Å². The molecule has 1 aliphatic rings. The number of carbonyl (C=O) groups excluding carboxylic acids is 2. The fraction of sp³-hybridized carbons (Fsp3) is 0.444.